The Labute approximate surface area is 114 Å². The molecule has 2 aromatic rings. The van der Waals surface area contributed by atoms with Gasteiger partial charge in [0.1, 0.15) is 5.82 Å². The van der Waals surface area contributed by atoms with Crippen LogP contribution in [0.1, 0.15) is 11.4 Å². The fourth-order valence-electron chi connectivity index (χ4n) is 1.47. The van der Waals surface area contributed by atoms with E-state index in [1.54, 1.807) is 23.8 Å². The second kappa shape index (κ2) is 4.87. The van der Waals surface area contributed by atoms with Gasteiger partial charge in [0.05, 0.1) is 11.6 Å². The van der Waals surface area contributed by atoms with Gasteiger partial charge in [-0.1, -0.05) is 11.6 Å². The summed E-state index contributed by atoms with van der Waals surface area (Å²) in [6, 6.07) is 1.76. The maximum atomic E-state index is 11.2. The molecule has 0 aliphatic heterocycles. The van der Waals surface area contributed by atoms with E-state index in [1.165, 1.54) is 12.4 Å². The molecule has 2 aromatic heterocycles. The van der Waals surface area contributed by atoms with Crippen LogP contribution in [-0.4, -0.2) is 23.0 Å². The molecule has 0 N–H and O–H groups in total. The molecule has 0 aromatic carbocycles. The largest absolute Gasteiger partial charge is 0.329 e. The molecule has 8 heteroatoms. The average Bonchev–Trinajstić information content (AvgIpc) is 2.63. The third kappa shape index (κ3) is 2.82. The van der Waals surface area contributed by atoms with Gasteiger partial charge in [-0.25, -0.2) is 13.4 Å². The predicted octanol–water partition coefficient (Wildman–Crippen LogP) is 2.22. The monoisotopic (exact) mass is 305 g/mol. The Morgan fingerprint density at radius 2 is 2.17 bits per heavy atom. The highest BCUT2D eigenvalue weighted by Crippen LogP contribution is 2.18. The van der Waals surface area contributed by atoms with Crippen LogP contribution >= 0.6 is 22.3 Å². The first-order valence-electron chi connectivity index (χ1n) is 4.95. The second-order valence-electron chi connectivity index (χ2n) is 3.66. The summed E-state index contributed by atoms with van der Waals surface area (Å²) in [5, 5.41) is 0.354. The van der Waals surface area contributed by atoms with Crippen LogP contribution in [0.15, 0.2) is 29.7 Å². The summed E-state index contributed by atoms with van der Waals surface area (Å²) >= 11 is 5.98. The number of imidazole rings is 1. The van der Waals surface area contributed by atoms with Crippen LogP contribution in [0.3, 0.4) is 0 Å². The van der Waals surface area contributed by atoms with Crippen molar-refractivity contribution in [3.05, 3.63) is 41.1 Å². The van der Waals surface area contributed by atoms with Crippen molar-refractivity contribution in [3.63, 3.8) is 0 Å². The molecule has 0 atom stereocenters. The van der Waals surface area contributed by atoms with Crippen LogP contribution < -0.4 is 0 Å². The minimum Gasteiger partial charge on any atom is -0.329 e. The maximum absolute atomic E-state index is 11.2. The molecule has 0 bridgehead atoms. The van der Waals surface area contributed by atoms with Gasteiger partial charge in [-0.2, -0.15) is 0 Å². The molecule has 0 spiro atoms. The molecule has 0 saturated carbocycles. The Kier molecular flexibility index (Phi) is 3.61. The third-order valence-corrected chi connectivity index (χ3v) is 3.91. The SMILES string of the molecule is Cc1nc(S(=O)(=O)Cl)cn1Cc1ccncc1Cl. The van der Waals surface area contributed by atoms with E-state index in [2.05, 4.69) is 9.97 Å². The Morgan fingerprint density at radius 1 is 1.44 bits per heavy atom. The summed E-state index contributed by atoms with van der Waals surface area (Å²) in [7, 11) is 1.43. The van der Waals surface area contributed by atoms with Gasteiger partial charge in [0.15, 0.2) is 5.03 Å². The molecule has 0 aliphatic carbocycles. The Hall–Kier alpha value is -1.11. The number of aromatic nitrogens is 3. The summed E-state index contributed by atoms with van der Waals surface area (Å²) in [6.45, 7) is 2.10. The van der Waals surface area contributed by atoms with E-state index in [0.29, 0.717) is 17.4 Å². The lowest BCUT2D eigenvalue weighted by molar-refractivity contribution is 0.606. The molecule has 18 heavy (non-hydrogen) atoms. The summed E-state index contributed by atoms with van der Waals surface area (Å²) in [4.78, 5) is 7.77. The lowest BCUT2D eigenvalue weighted by Gasteiger charge is -2.05. The van der Waals surface area contributed by atoms with Crippen molar-refractivity contribution in [2.45, 2.75) is 18.5 Å². The standard InChI is InChI=1S/C10H9Cl2N3O2S/c1-7-14-10(18(12,16)17)6-15(7)5-8-2-3-13-4-9(8)11/h2-4,6H,5H2,1H3. The van der Waals surface area contributed by atoms with Gasteiger partial charge in [-0.15, -0.1) is 0 Å². The van der Waals surface area contributed by atoms with E-state index in [4.69, 9.17) is 22.3 Å². The highest BCUT2D eigenvalue weighted by molar-refractivity contribution is 8.13. The first-order valence-corrected chi connectivity index (χ1v) is 7.63. The zero-order chi connectivity index (χ0) is 13.3. The molecule has 0 unspecified atom stereocenters. The minimum absolute atomic E-state index is 0.160. The molecule has 2 rings (SSSR count). The molecule has 0 saturated heterocycles. The van der Waals surface area contributed by atoms with E-state index in [0.717, 1.165) is 5.56 Å². The number of rotatable bonds is 3. The van der Waals surface area contributed by atoms with Gasteiger partial charge in [0, 0.05) is 29.3 Å². The van der Waals surface area contributed by atoms with Crippen LogP contribution in [0.5, 0.6) is 0 Å². The van der Waals surface area contributed by atoms with Crippen LogP contribution in [0.2, 0.25) is 5.02 Å². The molecule has 0 radical (unpaired) electrons. The normalized spacial score (nSPS) is 11.7. The van der Waals surface area contributed by atoms with Crippen LogP contribution in [0.25, 0.3) is 0 Å². The van der Waals surface area contributed by atoms with Gasteiger partial charge >= 0.3 is 0 Å². The molecule has 0 fully saturated rings. The minimum atomic E-state index is -3.81. The van der Waals surface area contributed by atoms with Gasteiger partial charge in [0.2, 0.25) is 0 Å². The number of aryl methyl sites for hydroxylation is 1. The van der Waals surface area contributed by atoms with Crippen molar-refractivity contribution in [2.24, 2.45) is 0 Å². The number of pyridine rings is 1. The highest BCUT2D eigenvalue weighted by Gasteiger charge is 2.16. The molecule has 2 heterocycles. The lowest BCUT2D eigenvalue weighted by Crippen LogP contribution is -2.01. The van der Waals surface area contributed by atoms with Gasteiger partial charge in [-0.3, -0.25) is 4.98 Å². The predicted molar refractivity (Wildman–Crippen MR) is 68.4 cm³/mol. The molecular weight excluding hydrogens is 297 g/mol. The molecule has 96 valence electrons. The Morgan fingerprint density at radius 3 is 2.72 bits per heavy atom. The molecule has 5 nitrogen and oxygen atoms in total. The van der Waals surface area contributed by atoms with Crippen molar-refractivity contribution in [1.29, 1.82) is 0 Å². The first-order chi connectivity index (χ1) is 8.38. The lowest BCUT2D eigenvalue weighted by atomic mass is 10.2. The van der Waals surface area contributed by atoms with Gasteiger partial charge in [0.25, 0.3) is 9.05 Å². The molecule has 0 aliphatic rings. The fraction of sp³-hybridized carbons (Fsp3) is 0.200. The van der Waals surface area contributed by atoms with Gasteiger partial charge in [-0.05, 0) is 18.6 Å². The van der Waals surface area contributed by atoms with E-state index >= 15 is 0 Å². The fourth-order valence-corrected chi connectivity index (χ4v) is 2.37. The zero-order valence-electron chi connectivity index (χ0n) is 9.34. The van der Waals surface area contributed by atoms with Crippen LogP contribution in [-0.2, 0) is 15.6 Å². The summed E-state index contributed by atoms with van der Waals surface area (Å²) in [5.41, 5.74) is 0.825. The van der Waals surface area contributed by atoms with E-state index in [-0.39, 0.29) is 5.03 Å². The Bertz CT molecular complexity index is 682. The van der Waals surface area contributed by atoms with E-state index < -0.39 is 9.05 Å². The van der Waals surface area contributed by atoms with Gasteiger partial charge < -0.3 is 4.57 Å². The number of hydrogen-bond acceptors (Lipinski definition) is 4. The third-order valence-electron chi connectivity index (χ3n) is 2.40. The molecule has 0 amide bonds. The number of nitrogens with zero attached hydrogens (tertiary/aromatic N) is 3. The average molecular weight is 306 g/mol. The zero-order valence-corrected chi connectivity index (χ0v) is 11.7. The first kappa shape index (κ1) is 13.3. The van der Waals surface area contributed by atoms with E-state index in [9.17, 15) is 8.42 Å². The number of halogens is 2. The second-order valence-corrected chi connectivity index (χ2v) is 6.58. The van der Waals surface area contributed by atoms with Crippen molar-refractivity contribution < 1.29 is 8.42 Å². The van der Waals surface area contributed by atoms with Crippen molar-refractivity contribution >= 4 is 31.3 Å². The van der Waals surface area contributed by atoms with E-state index in [1.807, 2.05) is 0 Å². The topological polar surface area (TPSA) is 64.8 Å². The van der Waals surface area contributed by atoms with Crippen LogP contribution in [0.4, 0.5) is 0 Å². The number of hydrogen-bond donors (Lipinski definition) is 0. The molecular formula is C10H9Cl2N3O2S. The summed E-state index contributed by atoms with van der Waals surface area (Å²) in [6.07, 6.45) is 4.53. The highest BCUT2D eigenvalue weighted by atomic mass is 35.7. The van der Waals surface area contributed by atoms with Crippen molar-refractivity contribution in [2.75, 3.05) is 0 Å². The van der Waals surface area contributed by atoms with Crippen molar-refractivity contribution in [1.82, 2.24) is 14.5 Å². The summed E-state index contributed by atoms with van der Waals surface area (Å²) < 4.78 is 24.0. The maximum Gasteiger partial charge on any atom is 0.280 e. The smallest absolute Gasteiger partial charge is 0.280 e. The van der Waals surface area contributed by atoms with Crippen molar-refractivity contribution in [3.8, 4) is 0 Å². The van der Waals surface area contributed by atoms with Crippen LogP contribution in [0, 0.1) is 6.92 Å². The Balaban J connectivity index is 2.37. The quantitative estimate of drug-likeness (QED) is 0.816. The summed E-state index contributed by atoms with van der Waals surface area (Å²) in [5.74, 6) is 0.544.